The highest BCUT2D eigenvalue weighted by Gasteiger charge is 2.04. The summed E-state index contributed by atoms with van der Waals surface area (Å²) in [6.07, 6.45) is 0.707. The maximum absolute atomic E-state index is 13.2. The van der Waals surface area contributed by atoms with Crippen molar-refractivity contribution in [2.75, 3.05) is 11.9 Å². The highest BCUT2D eigenvalue weighted by atomic mass is 19.1. The van der Waals surface area contributed by atoms with Crippen molar-refractivity contribution in [1.29, 1.82) is 0 Å². The summed E-state index contributed by atoms with van der Waals surface area (Å²) in [7, 11) is 0. The van der Waals surface area contributed by atoms with E-state index < -0.39 is 6.03 Å². The second kappa shape index (κ2) is 6.58. The van der Waals surface area contributed by atoms with Gasteiger partial charge in [-0.25, -0.2) is 9.18 Å². The first kappa shape index (κ1) is 14.0. The molecule has 0 atom stereocenters. The van der Waals surface area contributed by atoms with Crippen LogP contribution >= 0.6 is 0 Å². The van der Waals surface area contributed by atoms with E-state index in [2.05, 4.69) is 10.6 Å². The number of urea groups is 1. The average Bonchev–Trinajstić information content (AvgIpc) is 2.29. The number of rotatable bonds is 5. The topological polar surface area (TPSA) is 84.2 Å². The molecule has 0 aliphatic carbocycles. The molecule has 0 spiro atoms. The zero-order chi connectivity index (χ0) is 13.5. The Kier molecular flexibility index (Phi) is 5.10. The Hall–Kier alpha value is -2.11. The Morgan fingerprint density at radius 1 is 1.39 bits per heavy atom. The zero-order valence-corrected chi connectivity index (χ0v) is 10.1. The van der Waals surface area contributed by atoms with E-state index in [4.69, 9.17) is 5.73 Å². The lowest BCUT2D eigenvalue weighted by Gasteiger charge is -2.06. The molecular formula is C12H16FN3O2. The molecule has 0 bridgehead atoms. The fraction of sp³-hybridized carbons (Fsp3) is 0.333. The Labute approximate surface area is 105 Å². The van der Waals surface area contributed by atoms with Crippen molar-refractivity contribution in [1.82, 2.24) is 5.32 Å². The first-order chi connectivity index (χ1) is 8.49. The fourth-order valence-electron chi connectivity index (χ4n) is 1.35. The minimum Gasteiger partial charge on any atom is -0.352 e. The van der Waals surface area contributed by atoms with Gasteiger partial charge in [-0.05, 0) is 31.0 Å². The van der Waals surface area contributed by atoms with Gasteiger partial charge in [-0.15, -0.1) is 0 Å². The average molecular weight is 253 g/mol. The van der Waals surface area contributed by atoms with Crippen LogP contribution < -0.4 is 16.4 Å². The molecule has 5 nitrogen and oxygen atoms in total. The summed E-state index contributed by atoms with van der Waals surface area (Å²) >= 11 is 0. The fourth-order valence-corrected chi connectivity index (χ4v) is 1.35. The van der Waals surface area contributed by atoms with Gasteiger partial charge in [0.25, 0.3) is 0 Å². The van der Waals surface area contributed by atoms with Gasteiger partial charge < -0.3 is 16.4 Å². The molecule has 1 aromatic rings. The predicted octanol–water partition coefficient (Wildman–Crippen LogP) is 1.52. The number of nitrogens with two attached hydrogens (primary N) is 1. The summed E-state index contributed by atoms with van der Waals surface area (Å²) in [5.74, 6) is -0.590. The van der Waals surface area contributed by atoms with Gasteiger partial charge in [-0.1, -0.05) is 6.07 Å². The molecule has 0 unspecified atom stereocenters. The van der Waals surface area contributed by atoms with Gasteiger partial charge in [0, 0.05) is 18.7 Å². The molecule has 0 saturated carbocycles. The van der Waals surface area contributed by atoms with E-state index in [1.165, 1.54) is 6.07 Å². The zero-order valence-electron chi connectivity index (χ0n) is 10.1. The quantitative estimate of drug-likeness (QED) is 0.695. The van der Waals surface area contributed by atoms with Gasteiger partial charge in [0.15, 0.2) is 0 Å². The lowest BCUT2D eigenvalue weighted by atomic mass is 10.2. The summed E-state index contributed by atoms with van der Waals surface area (Å²) < 4.78 is 13.2. The molecule has 6 heteroatoms. The number of primary amides is 1. The normalized spacial score (nSPS) is 9.89. The predicted molar refractivity (Wildman–Crippen MR) is 66.6 cm³/mol. The van der Waals surface area contributed by atoms with Crippen LogP contribution in [0.2, 0.25) is 0 Å². The summed E-state index contributed by atoms with van der Waals surface area (Å²) in [5.41, 5.74) is 5.82. The van der Waals surface area contributed by atoms with Crippen molar-refractivity contribution >= 4 is 17.6 Å². The molecule has 1 rings (SSSR count). The van der Waals surface area contributed by atoms with Crippen LogP contribution in [0.5, 0.6) is 0 Å². The molecule has 0 radical (unpaired) electrons. The maximum Gasteiger partial charge on any atom is 0.312 e. The monoisotopic (exact) mass is 253 g/mol. The number of aryl methyl sites for hydroxylation is 1. The lowest BCUT2D eigenvalue weighted by molar-refractivity contribution is -0.116. The molecule has 98 valence electrons. The third-order valence-electron chi connectivity index (χ3n) is 2.34. The Balaban J connectivity index is 2.35. The number of halogens is 1. The molecule has 0 aromatic heterocycles. The molecule has 3 amide bonds. The van der Waals surface area contributed by atoms with E-state index in [0.29, 0.717) is 24.2 Å². The number of carbonyl (C=O) groups is 2. The van der Waals surface area contributed by atoms with Crippen LogP contribution in [-0.2, 0) is 4.79 Å². The summed E-state index contributed by atoms with van der Waals surface area (Å²) in [4.78, 5) is 21.8. The van der Waals surface area contributed by atoms with Crippen LogP contribution in [0.15, 0.2) is 18.2 Å². The summed E-state index contributed by atoms with van der Waals surface area (Å²) in [6, 6.07) is 3.89. The van der Waals surface area contributed by atoms with E-state index >= 15 is 0 Å². The third-order valence-corrected chi connectivity index (χ3v) is 2.34. The van der Waals surface area contributed by atoms with Gasteiger partial charge in [-0.3, -0.25) is 4.79 Å². The van der Waals surface area contributed by atoms with Crippen molar-refractivity contribution in [3.8, 4) is 0 Å². The summed E-state index contributed by atoms with van der Waals surface area (Å²) in [6.45, 7) is 1.99. The largest absolute Gasteiger partial charge is 0.352 e. The Morgan fingerprint density at radius 2 is 2.11 bits per heavy atom. The van der Waals surface area contributed by atoms with Gasteiger partial charge in [0.2, 0.25) is 5.91 Å². The highest BCUT2D eigenvalue weighted by molar-refractivity contribution is 5.90. The summed E-state index contributed by atoms with van der Waals surface area (Å²) in [5, 5.41) is 4.96. The van der Waals surface area contributed by atoms with Crippen LogP contribution in [0.1, 0.15) is 18.4 Å². The van der Waals surface area contributed by atoms with Gasteiger partial charge in [-0.2, -0.15) is 0 Å². The second-order valence-electron chi connectivity index (χ2n) is 3.91. The molecule has 0 aliphatic heterocycles. The molecular weight excluding hydrogens is 237 g/mol. The number of benzene rings is 1. The second-order valence-corrected chi connectivity index (χ2v) is 3.91. The van der Waals surface area contributed by atoms with Gasteiger partial charge in [0.1, 0.15) is 5.82 Å². The molecule has 0 saturated heterocycles. The SMILES string of the molecule is Cc1ccc(NC(=O)CCCNC(N)=O)cc1F. The van der Waals surface area contributed by atoms with Crippen molar-refractivity contribution in [2.45, 2.75) is 19.8 Å². The molecule has 18 heavy (non-hydrogen) atoms. The Bertz CT molecular complexity index is 449. The molecule has 0 heterocycles. The molecule has 0 aliphatic rings. The van der Waals surface area contributed by atoms with E-state index in [1.807, 2.05) is 0 Å². The smallest absolute Gasteiger partial charge is 0.312 e. The third kappa shape index (κ3) is 4.82. The van der Waals surface area contributed by atoms with Crippen LogP contribution in [0.25, 0.3) is 0 Å². The number of anilines is 1. The van der Waals surface area contributed by atoms with Crippen LogP contribution in [-0.4, -0.2) is 18.5 Å². The van der Waals surface area contributed by atoms with Crippen molar-refractivity contribution in [3.05, 3.63) is 29.6 Å². The number of hydrogen-bond donors (Lipinski definition) is 3. The maximum atomic E-state index is 13.2. The van der Waals surface area contributed by atoms with Crippen LogP contribution in [0, 0.1) is 12.7 Å². The molecule has 1 aromatic carbocycles. The number of nitrogens with one attached hydrogen (secondary N) is 2. The number of amides is 3. The first-order valence-corrected chi connectivity index (χ1v) is 5.58. The molecule has 4 N–H and O–H groups in total. The van der Waals surface area contributed by atoms with Crippen molar-refractivity contribution < 1.29 is 14.0 Å². The standard InChI is InChI=1S/C12H16FN3O2/c1-8-4-5-9(7-10(8)13)16-11(17)3-2-6-15-12(14)18/h4-5,7H,2-3,6H2,1H3,(H,16,17)(H3,14,15,18). The number of carbonyl (C=O) groups excluding carboxylic acids is 2. The van der Waals surface area contributed by atoms with E-state index in [9.17, 15) is 14.0 Å². The minimum absolute atomic E-state index is 0.232. The van der Waals surface area contributed by atoms with E-state index in [0.717, 1.165) is 0 Å². The lowest BCUT2D eigenvalue weighted by Crippen LogP contribution is -2.30. The highest BCUT2D eigenvalue weighted by Crippen LogP contribution is 2.13. The van der Waals surface area contributed by atoms with Gasteiger partial charge >= 0.3 is 6.03 Å². The minimum atomic E-state index is -0.615. The van der Waals surface area contributed by atoms with Gasteiger partial charge in [0.05, 0.1) is 0 Å². The van der Waals surface area contributed by atoms with E-state index in [-0.39, 0.29) is 18.1 Å². The number of hydrogen-bond acceptors (Lipinski definition) is 2. The van der Waals surface area contributed by atoms with Crippen LogP contribution in [0.3, 0.4) is 0 Å². The van der Waals surface area contributed by atoms with Crippen molar-refractivity contribution in [3.63, 3.8) is 0 Å². The Morgan fingerprint density at radius 3 is 2.72 bits per heavy atom. The van der Waals surface area contributed by atoms with E-state index in [1.54, 1.807) is 19.1 Å². The first-order valence-electron chi connectivity index (χ1n) is 5.58. The van der Waals surface area contributed by atoms with Crippen LogP contribution in [0.4, 0.5) is 14.9 Å². The van der Waals surface area contributed by atoms with Crippen molar-refractivity contribution in [2.24, 2.45) is 5.73 Å². The molecule has 0 fully saturated rings.